The number of benzene rings is 10. The summed E-state index contributed by atoms with van der Waals surface area (Å²) in [6, 6.07) is 86.3. The summed E-state index contributed by atoms with van der Waals surface area (Å²) >= 11 is 0. The molecule has 0 spiro atoms. The van der Waals surface area contributed by atoms with Crippen molar-refractivity contribution in [2.45, 2.75) is 0 Å². The molecule has 0 aromatic heterocycles. The van der Waals surface area contributed by atoms with Gasteiger partial charge in [0.1, 0.15) is 0 Å². The summed E-state index contributed by atoms with van der Waals surface area (Å²) in [6.07, 6.45) is 0. The van der Waals surface area contributed by atoms with Gasteiger partial charge < -0.3 is 29.4 Å². The molecule has 0 atom stereocenters. The molecule has 0 unspecified atom stereocenters. The Labute approximate surface area is 404 Å². The standard InChI is InChI=1S/C63H48N6/c1-64-52-25-4-10-31-58(52)67(59-32-11-5-26-53(59)64)47-22-16-19-43(39-47)44-37-38-50(45-20-17-23-48(40-45)68-60-33-12-6-27-54(60)65(2)55-28-7-13-34-61(55)68)51(42-44)46-21-18-24-49(41-46)69-62-35-14-8-29-56(62)66(3)57-30-9-15-36-63(57)69/h4-42H,1-3H3. The van der Waals surface area contributed by atoms with E-state index in [2.05, 4.69) is 287 Å². The van der Waals surface area contributed by atoms with Gasteiger partial charge in [-0.05, 0) is 149 Å². The van der Waals surface area contributed by atoms with E-state index in [1.807, 2.05) is 0 Å². The molecule has 3 aliphatic rings. The number of anilines is 15. The van der Waals surface area contributed by atoms with E-state index in [4.69, 9.17) is 0 Å². The summed E-state index contributed by atoms with van der Waals surface area (Å²) in [4.78, 5) is 14.1. The van der Waals surface area contributed by atoms with E-state index >= 15 is 0 Å². The van der Waals surface area contributed by atoms with E-state index in [0.717, 1.165) is 84.6 Å². The van der Waals surface area contributed by atoms with Gasteiger partial charge in [-0.3, -0.25) is 0 Å². The van der Waals surface area contributed by atoms with Crippen LogP contribution in [0.2, 0.25) is 0 Å². The maximum atomic E-state index is 2.41. The van der Waals surface area contributed by atoms with Crippen molar-refractivity contribution in [2.75, 3.05) is 50.5 Å². The van der Waals surface area contributed by atoms with Gasteiger partial charge in [0, 0.05) is 38.2 Å². The summed E-state index contributed by atoms with van der Waals surface area (Å²) in [5.41, 5.74) is 24.1. The molecule has 0 radical (unpaired) electrons. The molecule has 10 aromatic rings. The second-order valence-corrected chi connectivity index (χ2v) is 18.0. The average molecular weight is 889 g/mol. The van der Waals surface area contributed by atoms with Crippen LogP contribution in [0.4, 0.5) is 85.3 Å². The summed E-state index contributed by atoms with van der Waals surface area (Å²) in [6.45, 7) is 0. The van der Waals surface area contributed by atoms with Crippen molar-refractivity contribution in [1.82, 2.24) is 0 Å². The molecular formula is C63H48N6. The minimum Gasteiger partial charge on any atom is -0.341 e. The maximum absolute atomic E-state index is 2.41. The number of fused-ring (bicyclic) bond motifs is 6. The Kier molecular flexibility index (Phi) is 9.41. The van der Waals surface area contributed by atoms with Crippen LogP contribution in [0.1, 0.15) is 0 Å². The fourth-order valence-corrected chi connectivity index (χ4v) is 10.9. The first-order valence-electron chi connectivity index (χ1n) is 23.6. The Balaban J connectivity index is 0.981. The Morgan fingerprint density at radius 2 is 0.464 bits per heavy atom. The van der Waals surface area contributed by atoms with E-state index in [1.54, 1.807) is 0 Å². The third-order valence-electron chi connectivity index (χ3n) is 14.2. The molecule has 10 aromatic carbocycles. The second kappa shape index (κ2) is 16.1. The van der Waals surface area contributed by atoms with Gasteiger partial charge in [0.2, 0.25) is 0 Å². The van der Waals surface area contributed by atoms with E-state index in [-0.39, 0.29) is 0 Å². The van der Waals surface area contributed by atoms with Gasteiger partial charge in [0.25, 0.3) is 0 Å². The van der Waals surface area contributed by atoms with Gasteiger partial charge in [0.15, 0.2) is 0 Å². The van der Waals surface area contributed by atoms with Crippen LogP contribution >= 0.6 is 0 Å². The van der Waals surface area contributed by atoms with Crippen molar-refractivity contribution < 1.29 is 0 Å². The summed E-state index contributed by atoms with van der Waals surface area (Å²) < 4.78 is 0. The molecule has 0 saturated carbocycles. The quantitative estimate of drug-likeness (QED) is 0.164. The molecule has 6 nitrogen and oxygen atoms in total. The minimum atomic E-state index is 1.10. The van der Waals surface area contributed by atoms with Crippen molar-refractivity contribution in [3.8, 4) is 33.4 Å². The number of nitrogens with zero attached hydrogens (tertiary/aromatic N) is 6. The molecule has 0 aliphatic carbocycles. The lowest BCUT2D eigenvalue weighted by Crippen LogP contribution is -2.23. The summed E-state index contributed by atoms with van der Waals surface area (Å²) in [7, 11) is 6.47. The van der Waals surface area contributed by atoms with Crippen LogP contribution in [-0.2, 0) is 0 Å². The van der Waals surface area contributed by atoms with Crippen LogP contribution in [0.15, 0.2) is 237 Å². The number of rotatable bonds is 6. The van der Waals surface area contributed by atoms with Gasteiger partial charge in [-0.15, -0.1) is 0 Å². The van der Waals surface area contributed by atoms with Crippen LogP contribution in [0.25, 0.3) is 33.4 Å². The normalized spacial score (nSPS) is 13.3. The molecule has 0 bridgehead atoms. The van der Waals surface area contributed by atoms with Crippen molar-refractivity contribution in [1.29, 1.82) is 0 Å². The van der Waals surface area contributed by atoms with Crippen LogP contribution < -0.4 is 29.4 Å². The van der Waals surface area contributed by atoms with Gasteiger partial charge >= 0.3 is 0 Å². The van der Waals surface area contributed by atoms with Gasteiger partial charge in [0.05, 0.1) is 68.2 Å². The van der Waals surface area contributed by atoms with Crippen molar-refractivity contribution in [2.24, 2.45) is 0 Å². The van der Waals surface area contributed by atoms with E-state index in [0.29, 0.717) is 0 Å². The minimum absolute atomic E-state index is 1.10. The van der Waals surface area contributed by atoms with Crippen LogP contribution in [0, 0.1) is 0 Å². The first-order valence-corrected chi connectivity index (χ1v) is 23.6. The van der Waals surface area contributed by atoms with Gasteiger partial charge in [-0.25, -0.2) is 0 Å². The molecule has 3 aliphatic heterocycles. The fourth-order valence-electron chi connectivity index (χ4n) is 10.9. The predicted octanol–water partition coefficient (Wildman–Crippen LogP) is 17.3. The Hall–Kier alpha value is -9.00. The van der Waals surface area contributed by atoms with E-state index in [9.17, 15) is 0 Å². The molecule has 0 N–H and O–H groups in total. The number of hydrogen-bond donors (Lipinski definition) is 0. The molecule has 0 amide bonds. The van der Waals surface area contributed by atoms with E-state index < -0.39 is 0 Å². The average Bonchev–Trinajstić information content (AvgIpc) is 3.41. The fraction of sp³-hybridized carbons (Fsp3) is 0.0476. The maximum Gasteiger partial charge on any atom is 0.0699 e. The number of hydrogen-bond acceptors (Lipinski definition) is 6. The highest BCUT2D eigenvalue weighted by Gasteiger charge is 2.30. The van der Waals surface area contributed by atoms with Crippen molar-refractivity contribution in [3.05, 3.63) is 237 Å². The largest absolute Gasteiger partial charge is 0.341 e. The molecule has 69 heavy (non-hydrogen) atoms. The first-order chi connectivity index (χ1) is 34.0. The monoisotopic (exact) mass is 888 g/mol. The Morgan fingerprint density at radius 1 is 0.203 bits per heavy atom. The highest BCUT2D eigenvalue weighted by Crippen LogP contribution is 2.54. The predicted molar refractivity (Wildman–Crippen MR) is 291 cm³/mol. The Morgan fingerprint density at radius 3 is 0.797 bits per heavy atom. The molecule has 3 heterocycles. The Bertz CT molecular complexity index is 3490. The zero-order valence-electron chi connectivity index (χ0n) is 38.7. The zero-order chi connectivity index (χ0) is 46.2. The first kappa shape index (κ1) is 40.3. The van der Waals surface area contributed by atoms with Crippen LogP contribution in [0.5, 0.6) is 0 Å². The smallest absolute Gasteiger partial charge is 0.0699 e. The summed E-state index contributed by atoms with van der Waals surface area (Å²) in [5, 5.41) is 0. The van der Waals surface area contributed by atoms with Crippen molar-refractivity contribution >= 4 is 85.3 Å². The lowest BCUT2D eigenvalue weighted by atomic mass is 9.90. The topological polar surface area (TPSA) is 19.4 Å². The second-order valence-electron chi connectivity index (χ2n) is 18.0. The number of para-hydroxylation sites is 12. The molecule has 13 rings (SSSR count). The lowest BCUT2D eigenvalue weighted by molar-refractivity contribution is 1.13. The molecule has 0 fully saturated rings. The van der Waals surface area contributed by atoms with Crippen LogP contribution in [-0.4, -0.2) is 21.1 Å². The van der Waals surface area contributed by atoms with Gasteiger partial charge in [-0.2, -0.15) is 0 Å². The molecular weight excluding hydrogens is 841 g/mol. The van der Waals surface area contributed by atoms with Crippen molar-refractivity contribution in [3.63, 3.8) is 0 Å². The van der Waals surface area contributed by atoms with Gasteiger partial charge in [-0.1, -0.05) is 121 Å². The molecule has 6 heteroatoms. The third-order valence-corrected chi connectivity index (χ3v) is 14.2. The molecule has 330 valence electrons. The third kappa shape index (κ3) is 6.48. The van der Waals surface area contributed by atoms with Crippen LogP contribution in [0.3, 0.4) is 0 Å². The SMILES string of the molecule is CN1c2ccccc2N(c2cccc(-c3ccc(-c4cccc(N5c6ccccc6N(C)c6ccccc65)c4)c(-c4cccc(N5c6ccccc6N(C)c6ccccc65)c4)c3)c2)c2ccccc21. The summed E-state index contributed by atoms with van der Waals surface area (Å²) in [5.74, 6) is 0. The lowest BCUT2D eigenvalue weighted by Gasteiger charge is -2.38. The highest BCUT2D eigenvalue weighted by atomic mass is 15.3. The highest BCUT2D eigenvalue weighted by molar-refractivity contribution is 6.02. The zero-order valence-corrected chi connectivity index (χ0v) is 38.7. The molecule has 0 saturated heterocycles. The van der Waals surface area contributed by atoms with E-state index in [1.165, 1.54) is 34.1 Å².